The van der Waals surface area contributed by atoms with Gasteiger partial charge in [-0.25, -0.2) is 0 Å². The van der Waals surface area contributed by atoms with E-state index in [1.54, 1.807) is 0 Å². The van der Waals surface area contributed by atoms with Crippen molar-refractivity contribution in [1.29, 1.82) is 0 Å². The van der Waals surface area contributed by atoms with Gasteiger partial charge in [-0.3, -0.25) is 14.4 Å². The molecular weight excluding hydrogens is 308 g/mol. The van der Waals surface area contributed by atoms with E-state index in [9.17, 15) is 14.4 Å². The fourth-order valence-electron chi connectivity index (χ4n) is 3.08. The first kappa shape index (κ1) is 14.8. The lowest BCUT2D eigenvalue weighted by Crippen LogP contribution is -2.75. The van der Waals surface area contributed by atoms with Gasteiger partial charge in [0.2, 0.25) is 5.91 Å². The molecule has 0 spiro atoms. The summed E-state index contributed by atoms with van der Waals surface area (Å²) in [6.45, 7) is 0.222. The largest absolute Gasteiger partial charge is 0.469 e. The maximum Gasteiger partial charge on any atom is 0.311 e. The number of carbonyl (C=O) groups is 3. The first-order chi connectivity index (χ1) is 10.5. The van der Waals surface area contributed by atoms with Gasteiger partial charge in [0.15, 0.2) is 5.00 Å². The van der Waals surface area contributed by atoms with Gasteiger partial charge in [-0.2, -0.15) is 0 Å². The number of piperidine rings is 2. The Morgan fingerprint density at radius 2 is 2.09 bits per heavy atom. The van der Waals surface area contributed by atoms with Crippen LogP contribution >= 0.6 is 11.6 Å². The van der Waals surface area contributed by atoms with Crippen LogP contribution in [0, 0.1) is 5.92 Å². The van der Waals surface area contributed by atoms with Crippen LogP contribution in [0.15, 0.2) is 30.3 Å². The summed E-state index contributed by atoms with van der Waals surface area (Å²) in [4.78, 5) is 36.5. The number of nitrogens with zero attached hydrogens (tertiary/aromatic N) is 1. The molecule has 3 aliphatic heterocycles. The van der Waals surface area contributed by atoms with E-state index in [0.717, 1.165) is 5.56 Å². The maximum absolute atomic E-state index is 12.5. The fourth-order valence-corrected chi connectivity index (χ4v) is 3.45. The molecule has 1 aromatic rings. The highest BCUT2D eigenvalue weighted by Gasteiger charge is 2.61. The quantitative estimate of drug-likeness (QED) is 0.503. The summed E-state index contributed by atoms with van der Waals surface area (Å²) in [6.07, 6.45) is 0.0434. The molecule has 3 fully saturated rings. The minimum absolute atomic E-state index is 0.0434. The topological polar surface area (TPSA) is 75.7 Å². The van der Waals surface area contributed by atoms with Gasteiger partial charge < -0.3 is 15.0 Å². The van der Waals surface area contributed by atoms with Crippen LogP contribution < -0.4 is 5.32 Å². The standard InChI is InChI=1S/C15H15ClN2O4/c1-22-13(20)10-7-15(16)14(21)18(11(10)12(19)17-15)8-9-5-3-2-4-6-9/h2-6,10-11H,7-8H2,1H3,(H,17,19)/t10-,11+,15+/m0/s1. The Balaban J connectivity index is 1.96. The number of piperazine rings is 1. The normalized spacial score (nSPS) is 30.2. The maximum atomic E-state index is 12.5. The van der Waals surface area contributed by atoms with Crippen molar-refractivity contribution >= 4 is 29.4 Å². The summed E-state index contributed by atoms with van der Waals surface area (Å²) in [6, 6.07) is 8.36. The van der Waals surface area contributed by atoms with Crippen molar-refractivity contribution in [1.82, 2.24) is 10.2 Å². The van der Waals surface area contributed by atoms with Gasteiger partial charge in [0.05, 0.1) is 13.0 Å². The summed E-state index contributed by atoms with van der Waals surface area (Å²) in [5.41, 5.74) is 0.861. The Morgan fingerprint density at radius 1 is 1.41 bits per heavy atom. The molecule has 0 aromatic heterocycles. The molecule has 0 saturated carbocycles. The fraction of sp³-hybridized carbons (Fsp3) is 0.400. The summed E-state index contributed by atoms with van der Waals surface area (Å²) in [5, 5.41) is 2.49. The predicted molar refractivity (Wildman–Crippen MR) is 77.6 cm³/mol. The molecule has 0 radical (unpaired) electrons. The van der Waals surface area contributed by atoms with Crippen molar-refractivity contribution in [3.8, 4) is 0 Å². The van der Waals surface area contributed by atoms with E-state index in [1.807, 2.05) is 30.3 Å². The molecule has 3 atom stereocenters. The third kappa shape index (κ3) is 2.23. The molecule has 3 aliphatic rings. The average molecular weight is 323 g/mol. The predicted octanol–water partition coefficient (Wildman–Crippen LogP) is 0.642. The van der Waals surface area contributed by atoms with Gasteiger partial charge in [0, 0.05) is 13.0 Å². The first-order valence-electron chi connectivity index (χ1n) is 6.90. The number of esters is 1. The highest BCUT2D eigenvalue weighted by molar-refractivity contribution is 6.37. The zero-order valence-corrected chi connectivity index (χ0v) is 12.7. The number of rotatable bonds is 3. The number of ether oxygens (including phenoxy) is 1. The number of methoxy groups -OCH3 is 1. The number of nitrogens with one attached hydrogen (secondary N) is 1. The van der Waals surface area contributed by atoms with Crippen LogP contribution in [0.4, 0.5) is 0 Å². The molecule has 1 N–H and O–H groups in total. The smallest absolute Gasteiger partial charge is 0.311 e. The molecule has 7 heteroatoms. The van der Waals surface area contributed by atoms with Crippen molar-refractivity contribution < 1.29 is 19.1 Å². The number of hydrogen-bond acceptors (Lipinski definition) is 4. The number of alkyl halides is 1. The molecule has 3 heterocycles. The zero-order valence-electron chi connectivity index (χ0n) is 11.9. The number of hydrogen-bond donors (Lipinski definition) is 1. The van der Waals surface area contributed by atoms with E-state index >= 15 is 0 Å². The summed E-state index contributed by atoms with van der Waals surface area (Å²) < 4.78 is 4.75. The minimum Gasteiger partial charge on any atom is -0.469 e. The molecular formula is C15H15ClN2O4. The van der Waals surface area contributed by atoms with Crippen LogP contribution in [0.5, 0.6) is 0 Å². The van der Waals surface area contributed by atoms with Gasteiger partial charge in [0.25, 0.3) is 5.91 Å². The van der Waals surface area contributed by atoms with E-state index in [4.69, 9.17) is 16.3 Å². The summed E-state index contributed by atoms with van der Waals surface area (Å²) >= 11 is 6.27. The number of halogens is 1. The molecule has 0 aliphatic carbocycles. The molecule has 1 aromatic carbocycles. The number of fused-ring (bicyclic) bond motifs is 3. The Kier molecular flexibility index (Phi) is 3.56. The Bertz CT molecular complexity index is 636. The second-order valence-electron chi connectivity index (χ2n) is 5.49. The Morgan fingerprint density at radius 3 is 2.73 bits per heavy atom. The van der Waals surface area contributed by atoms with Crippen LogP contribution in [0.25, 0.3) is 0 Å². The van der Waals surface area contributed by atoms with Gasteiger partial charge >= 0.3 is 5.97 Å². The number of carbonyl (C=O) groups excluding carboxylic acids is 3. The molecule has 3 saturated heterocycles. The van der Waals surface area contributed by atoms with E-state index in [2.05, 4.69) is 5.32 Å². The number of amides is 2. The van der Waals surface area contributed by atoms with Crippen LogP contribution in [-0.4, -0.2) is 40.8 Å². The van der Waals surface area contributed by atoms with Crippen LogP contribution in [0.3, 0.4) is 0 Å². The summed E-state index contributed by atoms with van der Waals surface area (Å²) in [7, 11) is 1.26. The highest BCUT2D eigenvalue weighted by Crippen LogP contribution is 2.40. The Hall–Kier alpha value is -2.08. The van der Waals surface area contributed by atoms with Gasteiger partial charge in [-0.15, -0.1) is 0 Å². The number of benzene rings is 1. The monoisotopic (exact) mass is 322 g/mol. The Labute approximate surface area is 132 Å². The second-order valence-corrected chi connectivity index (χ2v) is 6.13. The lowest BCUT2D eigenvalue weighted by atomic mass is 9.80. The zero-order chi connectivity index (χ0) is 15.9. The van der Waals surface area contributed by atoms with Crippen molar-refractivity contribution in [2.45, 2.75) is 24.0 Å². The van der Waals surface area contributed by atoms with Crippen LogP contribution in [0.1, 0.15) is 12.0 Å². The van der Waals surface area contributed by atoms with Gasteiger partial charge in [-0.1, -0.05) is 41.9 Å². The second kappa shape index (κ2) is 5.28. The molecule has 116 valence electrons. The van der Waals surface area contributed by atoms with Crippen molar-refractivity contribution in [2.75, 3.05) is 7.11 Å². The van der Waals surface area contributed by atoms with Gasteiger partial charge in [0.1, 0.15) is 6.04 Å². The van der Waals surface area contributed by atoms with Crippen molar-refractivity contribution in [3.63, 3.8) is 0 Å². The molecule has 6 nitrogen and oxygen atoms in total. The molecule has 2 amide bonds. The van der Waals surface area contributed by atoms with E-state index in [0.29, 0.717) is 0 Å². The summed E-state index contributed by atoms with van der Waals surface area (Å²) in [5.74, 6) is -2.09. The SMILES string of the molecule is COC(=O)[C@H]1C[C@@]2(Cl)NC(=O)[C@@H]1N(Cc1ccccc1)C2=O. The highest BCUT2D eigenvalue weighted by atomic mass is 35.5. The van der Waals surface area contributed by atoms with Crippen molar-refractivity contribution in [3.05, 3.63) is 35.9 Å². The molecule has 22 heavy (non-hydrogen) atoms. The van der Waals surface area contributed by atoms with Crippen LogP contribution in [0.2, 0.25) is 0 Å². The van der Waals surface area contributed by atoms with E-state index in [1.165, 1.54) is 12.0 Å². The molecule has 4 rings (SSSR count). The third-order valence-corrected chi connectivity index (χ3v) is 4.52. The van der Waals surface area contributed by atoms with E-state index < -0.39 is 28.8 Å². The molecule has 2 bridgehead atoms. The lowest BCUT2D eigenvalue weighted by molar-refractivity contribution is -0.170. The average Bonchev–Trinajstić information content (AvgIpc) is 2.51. The lowest BCUT2D eigenvalue weighted by Gasteiger charge is -2.51. The third-order valence-electron chi connectivity index (χ3n) is 4.11. The van der Waals surface area contributed by atoms with Crippen LogP contribution in [-0.2, 0) is 25.7 Å². The van der Waals surface area contributed by atoms with Crippen molar-refractivity contribution in [2.24, 2.45) is 5.92 Å². The first-order valence-corrected chi connectivity index (χ1v) is 7.28. The van der Waals surface area contributed by atoms with Gasteiger partial charge in [-0.05, 0) is 5.56 Å². The minimum atomic E-state index is -1.57. The van der Waals surface area contributed by atoms with E-state index in [-0.39, 0.29) is 18.9 Å². The molecule has 0 unspecified atom stereocenters.